The third kappa shape index (κ3) is 5.28. The van der Waals surface area contributed by atoms with Gasteiger partial charge in [0.05, 0.1) is 18.3 Å². The highest BCUT2D eigenvalue weighted by Gasteiger charge is 2.26. The third-order valence-corrected chi connectivity index (χ3v) is 5.14. The van der Waals surface area contributed by atoms with Crippen LogP contribution < -0.4 is 0 Å². The molecule has 0 amide bonds. The second-order valence-corrected chi connectivity index (χ2v) is 7.60. The lowest BCUT2D eigenvalue weighted by Crippen LogP contribution is -2.50. The molecule has 0 radical (unpaired) electrons. The highest BCUT2D eigenvalue weighted by atomic mass is 16.5. The van der Waals surface area contributed by atoms with Crippen LogP contribution >= 0.6 is 0 Å². The molecule has 0 saturated carbocycles. The standard InChI is InChI=1S/C18H32N4O2/c1-15-10-21(11-16(2)24-15)14-18(23)13-20-8-4-17(5-9-20)12-22-7-3-6-19-22/h3,6-7,15-18,23H,4-5,8-14H2,1-2H3/t15-,16-,18-/m1/s1. The minimum Gasteiger partial charge on any atom is -0.390 e. The van der Waals surface area contributed by atoms with E-state index < -0.39 is 0 Å². The Hall–Kier alpha value is -0.950. The van der Waals surface area contributed by atoms with Gasteiger partial charge in [-0.15, -0.1) is 0 Å². The molecule has 24 heavy (non-hydrogen) atoms. The first kappa shape index (κ1) is 17.9. The van der Waals surface area contributed by atoms with Crippen LogP contribution in [0.3, 0.4) is 0 Å². The van der Waals surface area contributed by atoms with Crippen LogP contribution in [0.2, 0.25) is 0 Å². The lowest BCUT2D eigenvalue weighted by Gasteiger charge is -2.38. The zero-order chi connectivity index (χ0) is 16.9. The van der Waals surface area contributed by atoms with Crippen molar-refractivity contribution in [3.63, 3.8) is 0 Å². The van der Waals surface area contributed by atoms with Gasteiger partial charge in [0.15, 0.2) is 0 Å². The summed E-state index contributed by atoms with van der Waals surface area (Å²) in [5.74, 6) is 0.708. The van der Waals surface area contributed by atoms with Crippen molar-refractivity contribution in [2.45, 2.75) is 51.5 Å². The van der Waals surface area contributed by atoms with Crippen LogP contribution in [0, 0.1) is 5.92 Å². The molecule has 6 nitrogen and oxygen atoms in total. The van der Waals surface area contributed by atoms with Gasteiger partial charge in [-0.3, -0.25) is 9.58 Å². The van der Waals surface area contributed by atoms with E-state index in [-0.39, 0.29) is 18.3 Å². The number of aliphatic hydroxyl groups is 1. The summed E-state index contributed by atoms with van der Waals surface area (Å²) in [5, 5.41) is 14.8. The molecule has 2 aliphatic rings. The SMILES string of the molecule is C[C@@H]1CN(C[C@H](O)CN2CCC(Cn3cccn3)CC2)C[C@@H](C)O1. The number of likely N-dealkylation sites (tertiary alicyclic amines) is 1. The minimum atomic E-state index is -0.273. The van der Waals surface area contributed by atoms with Gasteiger partial charge in [0.2, 0.25) is 0 Å². The number of nitrogens with zero attached hydrogens (tertiary/aromatic N) is 4. The highest BCUT2D eigenvalue weighted by molar-refractivity contribution is 4.81. The summed E-state index contributed by atoms with van der Waals surface area (Å²) in [5.41, 5.74) is 0. The third-order valence-electron chi connectivity index (χ3n) is 5.14. The van der Waals surface area contributed by atoms with Crippen molar-refractivity contribution >= 4 is 0 Å². The van der Waals surface area contributed by atoms with Crippen molar-refractivity contribution in [3.8, 4) is 0 Å². The maximum absolute atomic E-state index is 10.5. The van der Waals surface area contributed by atoms with Gasteiger partial charge in [-0.1, -0.05) is 0 Å². The molecule has 2 saturated heterocycles. The van der Waals surface area contributed by atoms with E-state index in [1.54, 1.807) is 0 Å². The van der Waals surface area contributed by atoms with Crippen LogP contribution in [0.5, 0.6) is 0 Å². The van der Waals surface area contributed by atoms with Gasteiger partial charge in [-0.25, -0.2) is 0 Å². The molecule has 3 rings (SSSR count). The maximum Gasteiger partial charge on any atom is 0.0793 e. The lowest BCUT2D eigenvalue weighted by atomic mass is 9.96. The molecule has 0 unspecified atom stereocenters. The second-order valence-electron chi connectivity index (χ2n) is 7.60. The fourth-order valence-electron chi connectivity index (χ4n) is 4.11. The van der Waals surface area contributed by atoms with Gasteiger partial charge >= 0.3 is 0 Å². The predicted molar refractivity (Wildman–Crippen MR) is 93.8 cm³/mol. The topological polar surface area (TPSA) is 53.8 Å². The van der Waals surface area contributed by atoms with Crippen LogP contribution in [0.25, 0.3) is 0 Å². The molecular formula is C18H32N4O2. The van der Waals surface area contributed by atoms with Crippen LogP contribution in [0.4, 0.5) is 0 Å². The van der Waals surface area contributed by atoms with Crippen molar-refractivity contribution in [2.75, 3.05) is 39.3 Å². The van der Waals surface area contributed by atoms with Crippen molar-refractivity contribution in [1.29, 1.82) is 0 Å². The molecule has 0 aliphatic carbocycles. The van der Waals surface area contributed by atoms with Gasteiger partial charge in [-0.05, 0) is 51.8 Å². The summed E-state index contributed by atoms with van der Waals surface area (Å²) < 4.78 is 7.80. The number of morpholine rings is 1. The molecule has 1 aromatic heterocycles. The number of β-amino-alcohol motifs (C(OH)–C–C–N with tert-alkyl or cyclic N) is 1. The Morgan fingerprint density at radius 2 is 1.79 bits per heavy atom. The molecule has 1 aromatic rings. The average Bonchev–Trinajstić information content (AvgIpc) is 3.01. The highest BCUT2D eigenvalue weighted by Crippen LogP contribution is 2.19. The van der Waals surface area contributed by atoms with Gasteiger partial charge < -0.3 is 14.7 Å². The van der Waals surface area contributed by atoms with Gasteiger partial charge in [-0.2, -0.15) is 5.10 Å². The van der Waals surface area contributed by atoms with Crippen molar-refractivity contribution in [3.05, 3.63) is 18.5 Å². The molecular weight excluding hydrogens is 304 g/mol. The Bertz CT molecular complexity index is 463. The first-order valence-corrected chi connectivity index (χ1v) is 9.34. The number of piperidine rings is 1. The molecule has 0 aromatic carbocycles. The largest absolute Gasteiger partial charge is 0.390 e. The molecule has 6 heteroatoms. The van der Waals surface area contributed by atoms with E-state index in [1.165, 1.54) is 12.8 Å². The van der Waals surface area contributed by atoms with Gasteiger partial charge in [0.25, 0.3) is 0 Å². The van der Waals surface area contributed by atoms with E-state index in [0.29, 0.717) is 5.92 Å². The number of rotatable bonds is 6. The molecule has 0 spiro atoms. The van der Waals surface area contributed by atoms with Gasteiger partial charge in [0, 0.05) is 45.1 Å². The van der Waals surface area contributed by atoms with E-state index in [0.717, 1.165) is 45.8 Å². The normalized spacial score (nSPS) is 29.0. The molecule has 1 N–H and O–H groups in total. The van der Waals surface area contributed by atoms with Gasteiger partial charge in [0.1, 0.15) is 0 Å². The molecule has 2 fully saturated rings. The fraction of sp³-hybridized carbons (Fsp3) is 0.833. The number of ether oxygens (including phenoxy) is 1. The molecule has 3 atom stereocenters. The van der Waals surface area contributed by atoms with Crippen molar-refractivity contribution in [1.82, 2.24) is 19.6 Å². The van der Waals surface area contributed by atoms with Crippen LogP contribution in [0.15, 0.2) is 18.5 Å². The summed E-state index contributed by atoms with van der Waals surface area (Å²) in [7, 11) is 0. The summed E-state index contributed by atoms with van der Waals surface area (Å²) in [6, 6.07) is 1.98. The van der Waals surface area contributed by atoms with E-state index in [1.807, 2.05) is 23.1 Å². The average molecular weight is 336 g/mol. The zero-order valence-corrected chi connectivity index (χ0v) is 15.0. The summed E-state index contributed by atoms with van der Waals surface area (Å²) in [6.07, 6.45) is 6.53. The fourth-order valence-corrected chi connectivity index (χ4v) is 4.11. The Balaban J connectivity index is 1.36. The Labute approximate surface area is 145 Å². The predicted octanol–water partition coefficient (Wildman–Crippen LogP) is 1.07. The van der Waals surface area contributed by atoms with Crippen molar-refractivity contribution < 1.29 is 9.84 Å². The first-order valence-electron chi connectivity index (χ1n) is 9.34. The number of hydrogen-bond donors (Lipinski definition) is 1. The Morgan fingerprint density at radius 1 is 1.12 bits per heavy atom. The first-order chi connectivity index (χ1) is 11.6. The van der Waals surface area contributed by atoms with Crippen LogP contribution in [0.1, 0.15) is 26.7 Å². The van der Waals surface area contributed by atoms with Crippen LogP contribution in [-0.2, 0) is 11.3 Å². The summed E-state index contributed by atoms with van der Waals surface area (Å²) >= 11 is 0. The zero-order valence-electron chi connectivity index (χ0n) is 15.0. The number of aromatic nitrogens is 2. The second kappa shape index (κ2) is 8.43. The van der Waals surface area contributed by atoms with E-state index in [9.17, 15) is 5.11 Å². The number of hydrogen-bond acceptors (Lipinski definition) is 5. The maximum atomic E-state index is 10.5. The van der Waals surface area contributed by atoms with E-state index in [4.69, 9.17) is 4.74 Å². The Morgan fingerprint density at radius 3 is 2.42 bits per heavy atom. The molecule has 0 bridgehead atoms. The summed E-state index contributed by atoms with van der Waals surface area (Å²) in [4.78, 5) is 4.76. The lowest BCUT2D eigenvalue weighted by molar-refractivity contribution is -0.0784. The molecule has 136 valence electrons. The smallest absolute Gasteiger partial charge is 0.0793 e. The van der Waals surface area contributed by atoms with Crippen LogP contribution in [-0.4, -0.2) is 82.3 Å². The monoisotopic (exact) mass is 336 g/mol. The minimum absolute atomic E-state index is 0.263. The Kier molecular flexibility index (Phi) is 6.27. The van der Waals surface area contributed by atoms with Crippen molar-refractivity contribution in [2.24, 2.45) is 5.92 Å². The number of aliphatic hydroxyl groups excluding tert-OH is 1. The van der Waals surface area contributed by atoms with E-state index in [2.05, 4.69) is 28.7 Å². The quantitative estimate of drug-likeness (QED) is 0.842. The summed E-state index contributed by atoms with van der Waals surface area (Å²) in [6.45, 7) is 10.8. The molecule has 2 aliphatic heterocycles. The van der Waals surface area contributed by atoms with E-state index >= 15 is 0 Å². The molecule has 3 heterocycles.